The smallest absolute Gasteiger partial charge is 0.357 e. The first-order chi connectivity index (χ1) is 17.0. The third kappa shape index (κ3) is 6.17. The highest BCUT2D eigenvalue weighted by molar-refractivity contribution is 7.91. The Morgan fingerprint density at radius 2 is 1.27 bits per heavy atom. The van der Waals surface area contributed by atoms with Crippen molar-refractivity contribution >= 4 is 38.8 Å². The van der Waals surface area contributed by atoms with Gasteiger partial charge in [0.25, 0.3) is 0 Å². The van der Waals surface area contributed by atoms with Crippen molar-refractivity contribution in [2.75, 3.05) is 10.6 Å². The fraction of sp³-hybridized carbons (Fsp3) is 0.136. The Morgan fingerprint density at radius 1 is 0.784 bits per heavy atom. The highest BCUT2D eigenvalue weighted by Crippen LogP contribution is 2.29. The molecule has 3 rings (SSSR count). The second kappa shape index (κ2) is 9.72. The maximum atomic E-state index is 13.2. The molecule has 0 unspecified atom stereocenters. The van der Waals surface area contributed by atoms with Crippen molar-refractivity contribution in [1.82, 2.24) is 4.98 Å². The van der Waals surface area contributed by atoms with Gasteiger partial charge in [-0.3, -0.25) is 14.4 Å². The normalized spacial score (nSPS) is 12.2. The predicted molar refractivity (Wildman–Crippen MR) is 117 cm³/mol. The van der Waals surface area contributed by atoms with Gasteiger partial charge >= 0.3 is 24.2 Å². The Balaban J connectivity index is 2.08. The molecule has 0 radical (unpaired) electrons. The van der Waals surface area contributed by atoms with E-state index in [-0.39, 0.29) is 4.90 Å². The standard InChI is InChI=1S/C22H15F6N3O5S/c1-11-2-4-15(5-3-11)37(35,36)16-6-7-29-17(16)18(32)12-8-13(30-19(33)21(23,24)25)10-14(9-12)31-20(34)22(26,27)28/h2-10,29H,1H3,(H,30,33)(H,31,34). The summed E-state index contributed by atoms with van der Waals surface area (Å²) in [6, 6.07) is 8.53. The monoisotopic (exact) mass is 547 g/mol. The number of anilines is 2. The Hall–Kier alpha value is -4.14. The third-order valence-electron chi connectivity index (χ3n) is 4.78. The summed E-state index contributed by atoms with van der Waals surface area (Å²) in [5.74, 6) is -6.18. The van der Waals surface area contributed by atoms with Crippen LogP contribution >= 0.6 is 0 Å². The minimum absolute atomic E-state index is 0.184. The van der Waals surface area contributed by atoms with Gasteiger partial charge < -0.3 is 15.6 Å². The number of carbonyl (C=O) groups excluding carboxylic acids is 3. The van der Waals surface area contributed by atoms with Gasteiger partial charge in [-0.15, -0.1) is 0 Å². The summed E-state index contributed by atoms with van der Waals surface area (Å²) in [6.45, 7) is 1.71. The van der Waals surface area contributed by atoms with Crippen LogP contribution in [0.5, 0.6) is 0 Å². The second-order valence-electron chi connectivity index (χ2n) is 7.57. The molecule has 8 nitrogen and oxygen atoms in total. The lowest BCUT2D eigenvalue weighted by atomic mass is 10.1. The van der Waals surface area contributed by atoms with Gasteiger partial charge in [0, 0.05) is 23.1 Å². The molecule has 0 aliphatic heterocycles. The molecule has 0 spiro atoms. The van der Waals surface area contributed by atoms with Gasteiger partial charge in [0.15, 0.2) is 0 Å². The van der Waals surface area contributed by atoms with Crippen LogP contribution in [0.2, 0.25) is 0 Å². The summed E-state index contributed by atoms with van der Waals surface area (Å²) in [7, 11) is -4.28. The van der Waals surface area contributed by atoms with Crippen molar-refractivity contribution in [2.24, 2.45) is 0 Å². The van der Waals surface area contributed by atoms with Gasteiger partial charge in [0.1, 0.15) is 10.6 Å². The number of ketones is 1. The van der Waals surface area contributed by atoms with E-state index in [1.807, 2.05) is 0 Å². The number of amides is 2. The molecule has 2 amide bonds. The topological polar surface area (TPSA) is 125 Å². The van der Waals surface area contributed by atoms with Crippen molar-refractivity contribution in [3.8, 4) is 0 Å². The van der Waals surface area contributed by atoms with E-state index < -0.39 is 67.3 Å². The number of rotatable bonds is 6. The van der Waals surface area contributed by atoms with E-state index in [1.54, 1.807) is 6.92 Å². The number of hydrogen-bond acceptors (Lipinski definition) is 5. The Kier molecular flexibility index (Phi) is 7.21. The zero-order valence-corrected chi connectivity index (χ0v) is 19.2. The summed E-state index contributed by atoms with van der Waals surface area (Å²) < 4.78 is 102. The van der Waals surface area contributed by atoms with Gasteiger partial charge in [-0.1, -0.05) is 17.7 Å². The molecule has 3 aromatic rings. The number of H-pyrrole nitrogens is 1. The van der Waals surface area contributed by atoms with E-state index >= 15 is 0 Å². The van der Waals surface area contributed by atoms with Crippen molar-refractivity contribution in [3.05, 3.63) is 71.5 Å². The van der Waals surface area contributed by atoms with Crippen LogP contribution in [-0.4, -0.2) is 43.4 Å². The molecule has 0 atom stereocenters. The lowest BCUT2D eigenvalue weighted by molar-refractivity contribution is -0.167. The van der Waals surface area contributed by atoms with E-state index in [1.165, 1.54) is 34.9 Å². The molecule has 37 heavy (non-hydrogen) atoms. The van der Waals surface area contributed by atoms with Gasteiger partial charge in [-0.2, -0.15) is 26.3 Å². The number of aromatic amines is 1. The van der Waals surface area contributed by atoms with E-state index in [2.05, 4.69) is 4.98 Å². The summed E-state index contributed by atoms with van der Waals surface area (Å²) in [5.41, 5.74) is -2.04. The van der Waals surface area contributed by atoms with E-state index in [9.17, 15) is 49.1 Å². The number of carbonyl (C=O) groups is 3. The van der Waals surface area contributed by atoms with Crippen LogP contribution in [0.25, 0.3) is 0 Å². The molecular formula is C22H15F6N3O5S. The zero-order valence-electron chi connectivity index (χ0n) is 18.4. The first kappa shape index (κ1) is 27.4. The lowest BCUT2D eigenvalue weighted by Gasteiger charge is -2.14. The number of sulfone groups is 1. The largest absolute Gasteiger partial charge is 0.471 e. The Labute approximate surface area is 204 Å². The van der Waals surface area contributed by atoms with Crippen LogP contribution in [0.15, 0.2) is 64.5 Å². The summed E-state index contributed by atoms with van der Waals surface area (Å²) in [5, 5.41) is 2.75. The average molecular weight is 547 g/mol. The quantitative estimate of drug-likeness (QED) is 0.312. The minimum atomic E-state index is -5.38. The van der Waals surface area contributed by atoms with Gasteiger partial charge in [0.2, 0.25) is 15.6 Å². The number of hydrogen-bond donors (Lipinski definition) is 3. The maximum Gasteiger partial charge on any atom is 0.471 e. The fourth-order valence-corrected chi connectivity index (χ4v) is 4.47. The first-order valence-electron chi connectivity index (χ1n) is 9.95. The third-order valence-corrected chi connectivity index (χ3v) is 6.59. The molecule has 15 heteroatoms. The number of nitrogens with one attached hydrogen (secondary N) is 3. The molecule has 0 bridgehead atoms. The van der Waals surface area contributed by atoms with Crippen molar-refractivity contribution in [2.45, 2.75) is 29.1 Å². The molecule has 0 saturated heterocycles. The molecule has 3 N–H and O–H groups in total. The van der Waals surface area contributed by atoms with Crippen molar-refractivity contribution in [1.29, 1.82) is 0 Å². The molecular weight excluding hydrogens is 532 g/mol. The van der Waals surface area contributed by atoms with Crippen LogP contribution in [-0.2, 0) is 19.4 Å². The summed E-state index contributed by atoms with van der Waals surface area (Å²) >= 11 is 0. The second-order valence-corrected chi connectivity index (χ2v) is 9.48. The van der Waals surface area contributed by atoms with Crippen molar-refractivity contribution in [3.63, 3.8) is 0 Å². The van der Waals surface area contributed by atoms with Crippen molar-refractivity contribution < 1.29 is 49.1 Å². The van der Waals surface area contributed by atoms with Crippen LogP contribution in [0.3, 0.4) is 0 Å². The number of halogens is 6. The maximum absolute atomic E-state index is 13.2. The number of benzene rings is 2. The minimum Gasteiger partial charge on any atom is -0.357 e. The predicted octanol–water partition coefficient (Wildman–Crippen LogP) is 4.39. The number of aryl methyl sites for hydroxylation is 1. The number of alkyl halides is 6. The molecule has 0 saturated carbocycles. The molecule has 0 aliphatic rings. The summed E-state index contributed by atoms with van der Waals surface area (Å²) in [6.07, 6.45) is -9.68. The lowest BCUT2D eigenvalue weighted by Crippen LogP contribution is -2.31. The van der Waals surface area contributed by atoms with Gasteiger partial charge in [-0.25, -0.2) is 8.42 Å². The number of aromatic nitrogens is 1. The highest BCUT2D eigenvalue weighted by Gasteiger charge is 2.40. The first-order valence-corrected chi connectivity index (χ1v) is 11.4. The molecule has 1 heterocycles. The molecule has 0 fully saturated rings. The van der Waals surface area contributed by atoms with Crippen LogP contribution in [0.4, 0.5) is 37.7 Å². The van der Waals surface area contributed by atoms with Crippen LogP contribution in [0, 0.1) is 6.92 Å². The van der Waals surface area contributed by atoms with Gasteiger partial charge in [-0.05, 0) is 43.3 Å². The molecule has 2 aromatic carbocycles. The molecule has 1 aromatic heterocycles. The Morgan fingerprint density at radius 3 is 1.73 bits per heavy atom. The van der Waals surface area contributed by atoms with E-state index in [0.29, 0.717) is 18.2 Å². The van der Waals surface area contributed by atoms with E-state index in [4.69, 9.17) is 0 Å². The summed E-state index contributed by atoms with van der Waals surface area (Å²) in [4.78, 5) is 37.5. The van der Waals surface area contributed by atoms with Crippen LogP contribution in [0.1, 0.15) is 21.6 Å². The van der Waals surface area contributed by atoms with E-state index in [0.717, 1.165) is 17.8 Å². The molecule has 196 valence electrons. The molecule has 0 aliphatic carbocycles. The average Bonchev–Trinajstić information content (AvgIpc) is 3.28. The highest BCUT2D eigenvalue weighted by atomic mass is 32.2. The Bertz CT molecular complexity index is 1430. The van der Waals surface area contributed by atoms with Gasteiger partial charge in [0.05, 0.1) is 4.90 Å². The van der Waals surface area contributed by atoms with Crippen LogP contribution < -0.4 is 10.6 Å². The zero-order chi connectivity index (χ0) is 27.8. The fourth-order valence-electron chi connectivity index (χ4n) is 3.05. The SMILES string of the molecule is Cc1ccc(S(=O)(=O)c2cc[nH]c2C(=O)c2cc(NC(=O)C(F)(F)F)cc(NC(=O)C(F)(F)F)c2)cc1.